The highest BCUT2D eigenvalue weighted by Crippen LogP contribution is 2.31. The number of benzene rings is 1. The quantitative estimate of drug-likeness (QED) is 0.850. The summed E-state index contributed by atoms with van der Waals surface area (Å²) < 4.78 is 18.2. The van der Waals surface area contributed by atoms with Crippen LogP contribution in [0.1, 0.15) is 5.56 Å². The molecule has 0 aliphatic carbocycles. The summed E-state index contributed by atoms with van der Waals surface area (Å²) >= 11 is 1.77. The van der Waals surface area contributed by atoms with Crippen molar-refractivity contribution in [3.05, 3.63) is 29.6 Å². The fourth-order valence-corrected chi connectivity index (χ4v) is 2.57. The van der Waals surface area contributed by atoms with Crippen molar-refractivity contribution < 1.29 is 9.13 Å². The molecule has 1 aliphatic rings. The fraction of sp³-hybridized carbons (Fsp3) is 0.455. The van der Waals surface area contributed by atoms with Crippen LogP contribution in [0, 0.1) is 5.82 Å². The van der Waals surface area contributed by atoms with Crippen LogP contribution in [0.2, 0.25) is 0 Å². The van der Waals surface area contributed by atoms with Gasteiger partial charge in [-0.25, -0.2) is 4.39 Å². The van der Waals surface area contributed by atoms with Crippen molar-refractivity contribution >= 4 is 11.8 Å². The number of thioether (sulfide) groups is 1. The molecular weight excluding hydrogens is 213 g/mol. The van der Waals surface area contributed by atoms with Crippen molar-refractivity contribution in [3.8, 4) is 0 Å². The van der Waals surface area contributed by atoms with Crippen LogP contribution in [0.25, 0.3) is 0 Å². The minimum absolute atomic E-state index is 0.172. The van der Waals surface area contributed by atoms with Crippen LogP contribution in [-0.2, 0) is 11.3 Å². The van der Waals surface area contributed by atoms with Gasteiger partial charge < -0.3 is 10.1 Å². The Bertz CT molecular complexity index is 341. The summed E-state index contributed by atoms with van der Waals surface area (Å²) in [6, 6.07) is 4.96. The molecule has 2 nitrogen and oxygen atoms in total. The van der Waals surface area contributed by atoms with Crippen molar-refractivity contribution in [2.24, 2.45) is 0 Å². The SMILES string of the molecule is CNCc1cc(F)ccc1SC1COC1. The van der Waals surface area contributed by atoms with E-state index in [-0.39, 0.29) is 5.82 Å². The average Bonchev–Trinajstić information content (AvgIpc) is 2.14. The maximum atomic E-state index is 13.0. The van der Waals surface area contributed by atoms with E-state index >= 15 is 0 Å². The van der Waals surface area contributed by atoms with E-state index < -0.39 is 0 Å². The Balaban J connectivity index is 2.12. The minimum atomic E-state index is -0.172. The molecule has 82 valence electrons. The molecule has 0 atom stereocenters. The average molecular weight is 227 g/mol. The van der Waals surface area contributed by atoms with Gasteiger partial charge in [0.25, 0.3) is 0 Å². The topological polar surface area (TPSA) is 21.3 Å². The monoisotopic (exact) mass is 227 g/mol. The van der Waals surface area contributed by atoms with E-state index in [0.29, 0.717) is 11.8 Å². The summed E-state index contributed by atoms with van der Waals surface area (Å²) in [6.07, 6.45) is 0. The van der Waals surface area contributed by atoms with Crippen LogP contribution in [0.3, 0.4) is 0 Å². The van der Waals surface area contributed by atoms with Gasteiger partial charge in [-0.15, -0.1) is 11.8 Å². The molecule has 0 radical (unpaired) electrons. The van der Waals surface area contributed by atoms with Gasteiger partial charge in [0.15, 0.2) is 0 Å². The maximum absolute atomic E-state index is 13.0. The second-order valence-electron chi connectivity index (χ2n) is 3.56. The summed E-state index contributed by atoms with van der Waals surface area (Å²) in [5.41, 5.74) is 1.02. The van der Waals surface area contributed by atoms with Crippen LogP contribution >= 0.6 is 11.8 Å². The normalized spacial score (nSPS) is 16.4. The van der Waals surface area contributed by atoms with Gasteiger partial charge in [-0.1, -0.05) is 0 Å². The lowest BCUT2D eigenvalue weighted by Gasteiger charge is -2.26. The zero-order valence-electron chi connectivity index (χ0n) is 8.63. The van der Waals surface area contributed by atoms with Crippen LogP contribution in [0.4, 0.5) is 4.39 Å². The van der Waals surface area contributed by atoms with E-state index in [1.807, 2.05) is 13.1 Å². The summed E-state index contributed by atoms with van der Waals surface area (Å²) in [7, 11) is 1.87. The first kappa shape index (κ1) is 10.9. The lowest BCUT2D eigenvalue weighted by molar-refractivity contribution is 0.0455. The van der Waals surface area contributed by atoms with E-state index in [1.165, 1.54) is 6.07 Å². The van der Waals surface area contributed by atoms with Gasteiger partial charge in [-0.3, -0.25) is 0 Å². The molecule has 1 heterocycles. The molecule has 1 saturated heterocycles. The van der Waals surface area contributed by atoms with Crippen LogP contribution in [0.5, 0.6) is 0 Å². The van der Waals surface area contributed by atoms with Crippen molar-refractivity contribution in [1.29, 1.82) is 0 Å². The second-order valence-corrected chi connectivity index (χ2v) is 4.90. The van der Waals surface area contributed by atoms with Gasteiger partial charge in [-0.05, 0) is 30.8 Å². The first-order valence-electron chi connectivity index (χ1n) is 4.97. The molecule has 0 amide bonds. The number of hydrogen-bond acceptors (Lipinski definition) is 3. The predicted octanol–water partition coefficient (Wildman–Crippen LogP) is 2.04. The zero-order chi connectivity index (χ0) is 10.7. The molecule has 1 fully saturated rings. The van der Waals surface area contributed by atoms with Gasteiger partial charge in [0, 0.05) is 11.4 Å². The van der Waals surface area contributed by atoms with Crippen LogP contribution in [-0.4, -0.2) is 25.5 Å². The smallest absolute Gasteiger partial charge is 0.123 e. The van der Waals surface area contributed by atoms with Crippen LogP contribution < -0.4 is 5.32 Å². The molecule has 1 aromatic rings. The predicted molar refractivity (Wildman–Crippen MR) is 59.6 cm³/mol. The van der Waals surface area contributed by atoms with E-state index in [2.05, 4.69) is 5.32 Å². The number of hydrogen-bond donors (Lipinski definition) is 1. The third-order valence-electron chi connectivity index (χ3n) is 2.29. The fourth-order valence-electron chi connectivity index (χ4n) is 1.45. The van der Waals surface area contributed by atoms with Crippen molar-refractivity contribution in [1.82, 2.24) is 5.32 Å². The molecule has 2 rings (SSSR count). The number of ether oxygens (including phenoxy) is 1. The Morgan fingerprint density at radius 1 is 1.53 bits per heavy atom. The zero-order valence-corrected chi connectivity index (χ0v) is 9.44. The van der Waals surface area contributed by atoms with E-state index in [9.17, 15) is 4.39 Å². The first-order valence-corrected chi connectivity index (χ1v) is 5.85. The lowest BCUT2D eigenvalue weighted by Crippen LogP contribution is -2.30. The molecule has 1 N–H and O–H groups in total. The minimum Gasteiger partial charge on any atom is -0.379 e. The number of halogens is 1. The molecule has 0 saturated carbocycles. The van der Waals surface area contributed by atoms with E-state index in [4.69, 9.17) is 4.74 Å². The van der Waals surface area contributed by atoms with Crippen molar-refractivity contribution in [2.75, 3.05) is 20.3 Å². The van der Waals surface area contributed by atoms with Gasteiger partial charge in [0.05, 0.1) is 18.5 Å². The Kier molecular flexibility index (Phi) is 3.61. The standard InChI is InChI=1S/C11H14FNOS/c1-13-5-8-4-9(12)2-3-11(8)15-10-6-14-7-10/h2-4,10,13H,5-7H2,1H3. The summed E-state index contributed by atoms with van der Waals surface area (Å²) in [6.45, 7) is 2.32. The van der Waals surface area contributed by atoms with Gasteiger partial charge in [-0.2, -0.15) is 0 Å². The highest BCUT2D eigenvalue weighted by molar-refractivity contribution is 8.00. The summed E-state index contributed by atoms with van der Waals surface area (Å²) in [5, 5.41) is 3.58. The number of rotatable bonds is 4. The summed E-state index contributed by atoms with van der Waals surface area (Å²) in [5.74, 6) is -0.172. The van der Waals surface area contributed by atoms with E-state index in [1.54, 1.807) is 17.8 Å². The largest absolute Gasteiger partial charge is 0.379 e. The Labute approximate surface area is 93.2 Å². The molecule has 0 aromatic heterocycles. The van der Waals surface area contributed by atoms with Gasteiger partial charge in [0.2, 0.25) is 0 Å². The lowest BCUT2D eigenvalue weighted by atomic mass is 10.2. The molecule has 0 unspecified atom stereocenters. The van der Waals surface area contributed by atoms with Crippen molar-refractivity contribution in [3.63, 3.8) is 0 Å². The Hall–Kier alpha value is -0.580. The van der Waals surface area contributed by atoms with Gasteiger partial charge >= 0.3 is 0 Å². The Morgan fingerprint density at radius 2 is 2.33 bits per heavy atom. The number of nitrogens with one attached hydrogen (secondary N) is 1. The maximum Gasteiger partial charge on any atom is 0.123 e. The molecule has 0 spiro atoms. The molecule has 1 aliphatic heterocycles. The molecule has 4 heteroatoms. The third kappa shape index (κ3) is 2.71. The first-order chi connectivity index (χ1) is 7.29. The molecule has 1 aromatic carbocycles. The third-order valence-corrected chi connectivity index (χ3v) is 3.55. The van der Waals surface area contributed by atoms with E-state index in [0.717, 1.165) is 23.7 Å². The second kappa shape index (κ2) is 4.96. The molecule has 0 bridgehead atoms. The molecule has 15 heavy (non-hydrogen) atoms. The highest BCUT2D eigenvalue weighted by Gasteiger charge is 2.20. The van der Waals surface area contributed by atoms with Gasteiger partial charge in [0.1, 0.15) is 5.82 Å². The highest BCUT2D eigenvalue weighted by atomic mass is 32.2. The van der Waals surface area contributed by atoms with Crippen LogP contribution in [0.15, 0.2) is 23.1 Å². The van der Waals surface area contributed by atoms with Crippen molar-refractivity contribution in [2.45, 2.75) is 16.7 Å². The molecular formula is C11H14FNOS. The Morgan fingerprint density at radius 3 is 2.93 bits per heavy atom. The summed E-state index contributed by atoms with van der Waals surface area (Å²) in [4.78, 5) is 1.15.